The number of urea groups is 1. The zero-order valence-electron chi connectivity index (χ0n) is 15.0. The first-order chi connectivity index (χ1) is 12.5. The summed E-state index contributed by atoms with van der Waals surface area (Å²) in [6.07, 6.45) is 3.13. The maximum atomic E-state index is 13.0. The lowest BCUT2D eigenvalue weighted by molar-refractivity contribution is -0.139. The summed E-state index contributed by atoms with van der Waals surface area (Å²) in [6.45, 7) is 3.40. The molecule has 2 N–H and O–H groups in total. The SMILES string of the molecule is CSCC[C@H](NC(=O)N1CCCN(Cc2ccc(F)cc2)CC1)C(=O)O. The molecule has 26 heavy (non-hydrogen) atoms. The third-order valence-electron chi connectivity index (χ3n) is 4.40. The average molecular weight is 383 g/mol. The molecule has 0 spiro atoms. The number of nitrogens with one attached hydrogen (secondary N) is 1. The van der Waals surface area contributed by atoms with Gasteiger partial charge in [-0.25, -0.2) is 14.0 Å². The van der Waals surface area contributed by atoms with E-state index in [0.717, 1.165) is 18.5 Å². The number of carboxylic acids is 1. The Morgan fingerprint density at radius 1 is 1.23 bits per heavy atom. The number of hydrogen-bond acceptors (Lipinski definition) is 4. The average Bonchev–Trinajstić information content (AvgIpc) is 2.86. The normalized spacial score (nSPS) is 16.8. The van der Waals surface area contributed by atoms with Gasteiger partial charge < -0.3 is 15.3 Å². The van der Waals surface area contributed by atoms with E-state index in [0.29, 0.717) is 38.4 Å². The van der Waals surface area contributed by atoms with Crippen LogP contribution in [0.2, 0.25) is 0 Å². The summed E-state index contributed by atoms with van der Waals surface area (Å²) >= 11 is 1.56. The van der Waals surface area contributed by atoms with Crippen molar-refractivity contribution in [1.82, 2.24) is 15.1 Å². The van der Waals surface area contributed by atoms with Crippen LogP contribution in [0.3, 0.4) is 0 Å². The van der Waals surface area contributed by atoms with Gasteiger partial charge in [0.05, 0.1) is 0 Å². The van der Waals surface area contributed by atoms with E-state index >= 15 is 0 Å². The van der Waals surface area contributed by atoms with E-state index < -0.39 is 12.0 Å². The molecule has 2 amide bonds. The van der Waals surface area contributed by atoms with Crippen molar-refractivity contribution in [3.8, 4) is 0 Å². The fourth-order valence-corrected chi connectivity index (χ4v) is 3.38. The van der Waals surface area contributed by atoms with Crippen LogP contribution in [0.5, 0.6) is 0 Å². The summed E-state index contributed by atoms with van der Waals surface area (Å²) in [5, 5.41) is 11.9. The highest BCUT2D eigenvalue weighted by atomic mass is 32.2. The Hall–Kier alpha value is -1.80. The molecular weight excluding hydrogens is 357 g/mol. The Bertz CT molecular complexity index is 600. The minimum absolute atomic E-state index is 0.248. The maximum Gasteiger partial charge on any atom is 0.326 e. The van der Waals surface area contributed by atoms with Crippen molar-refractivity contribution < 1.29 is 19.1 Å². The summed E-state index contributed by atoms with van der Waals surface area (Å²) in [7, 11) is 0. The van der Waals surface area contributed by atoms with Gasteiger partial charge in [0.15, 0.2) is 0 Å². The third-order valence-corrected chi connectivity index (χ3v) is 5.05. The molecule has 1 atom stereocenters. The van der Waals surface area contributed by atoms with E-state index in [-0.39, 0.29) is 11.8 Å². The van der Waals surface area contributed by atoms with Crippen molar-refractivity contribution >= 4 is 23.8 Å². The first kappa shape index (κ1) is 20.5. The predicted molar refractivity (Wildman–Crippen MR) is 101 cm³/mol. The Morgan fingerprint density at radius 2 is 1.96 bits per heavy atom. The molecular formula is C18H26FN3O3S. The van der Waals surface area contributed by atoms with Crippen LogP contribution in [0, 0.1) is 5.82 Å². The molecule has 1 aromatic rings. The molecule has 1 aliphatic heterocycles. The van der Waals surface area contributed by atoms with Crippen LogP contribution in [0.15, 0.2) is 24.3 Å². The van der Waals surface area contributed by atoms with Gasteiger partial charge in [-0.2, -0.15) is 11.8 Å². The van der Waals surface area contributed by atoms with Crippen molar-refractivity contribution in [2.75, 3.05) is 38.2 Å². The van der Waals surface area contributed by atoms with E-state index in [1.54, 1.807) is 28.8 Å². The van der Waals surface area contributed by atoms with Crippen LogP contribution in [0.1, 0.15) is 18.4 Å². The molecule has 6 nitrogen and oxygen atoms in total. The van der Waals surface area contributed by atoms with Crippen molar-refractivity contribution in [2.24, 2.45) is 0 Å². The highest BCUT2D eigenvalue weighted by Gasteiger charge is 2.24. The lowest BCUT2D eigenvalue weighted by Crippen LogP contribution is -2.49. The van der Waals surface area contributed by atoms with Gasteiger partial charge in [-0.15, -0.1) is 0 Å². The minimum Gasteiger partial charge on any atom is -0.480 e. The van der Waals surface area contributed by atoms with Crippen LogP contribution < -0.4 is 5.32 Å². The second kappa shape index (κ2) is 10.4. The number of nitrogens with zero attached hydrogens (tertiary/aromatic N) is 2. The van der Waals surface area contributed by atoms with Crippen molar-refractivity contribution in [3.63, 3.8) is 0 Å². The van der Waals surface area contributed by atoms with Gasteiger partial charge in [0.1, 0.15) is 11.9 Å². The summed E-state index contributed by atoms with van der Waals surface area (Å²) in [6, 6.07) is 5.28. The lowest BCUT2D eigenvalue weighted by atomic mass is 10.2. The molecule has 1 aromatic carbocycles. The number of carbonyl (C=O) groups is 2. The first-order valence-electron chi connectivity index (χ1n) is 8.73. The largest absolute Gasteiger partial charge is 0.480 e. The standard InChI is InChI=1S/C18H26FN3O3S/c1-26-12-7-16(17(23)24)20-18(25)22-9-2-8-21(10-11-22)13-14-3-5-15(19)6-4-14/h3-6,16H,2,7-13H2,1H3,(H,20,25)(H,23,24)/t16-/m0/s1. The smallest absolute Gasteiger partial charge is 0.326 e. The lowest BCUT2D eigenvalue weighted by Gasteiger charge is -2.24. The summed E-state index contributed by atoms with van der Waals surface area (Å²) < 4.78 is 13.0. The molecule has 0 unspecified atom stereocenters. The topological polar surface area (TPSA) is 72.9 Å². The van der Waals surface area contributed by atoms with Gasteiger partial charge in [-0.3, -0.25) is 4.90 Å². The Balaban J connectivity index is 1.85. The molecule has 1 aliphatic rings. The molecule has 0 aliphatic carbocycles. The van der Waals surface area contributed by atoms with E-state index in [9.17, 15) is 19.1 Å². The monoisotopic (exact) mass is 383 g/mol. The Morgan fingerprint density at radius 3 is 2.62 bits per heavy atom. The molecule has 144 valence electrons. The fraction of sp³-hybridized carbons (Fsp3) is 0.556. The van der Waals surface area contributed by atoms with Gasteiger partial charge in [-0.05, 0) is 42.5 Å². The van der Waals surface area contributed by atoms with E-state index in [4.69, 9.17) is 0 Å². The van der Waals surface area contributed by atoms with Crippen LogP contribution in [0.25, 0.3) is 0 Å². The highest BCUT2D eigenvalue weighted by Crippen LogP contribution is 2.11. The molecule has 1 fully saturated rings. The van der Waals surface area contributed by atoms with Gasteiger partial charge in [0.2, 0.25) is 0 Å². The zero-order chi connectivity index (χ0) is 18.9. The van der Waals surface area contributed by atoms with Crippen LogP contribution in [0.4, 0.5) is 9.18 Å². The third kappa shape index (κ3) is 6.49. The van der Waals surface area contributed by atoms with Gasteiger partial charge in [0, 0.05) is 32.7 Å². The summed E-state index contributed by atoms with van der Waals surface area (Å²) in [5.74, 6) is -0.565. The highest BCUT2D eigenvalue weighted by molar-refractivity contribution is 7.98. The number of carbonyl (C=O) groups excluding carboxylic acids is 1. The summed E-state index contributed by atoms with van der Waals surface area (Å²) in [5.41, 5.74) is 1.03. The molecule has 8 heteroatoms. The predicted octanol–water partition coefficient (Wildman–Crippen LogP) is 2.25. The van der Waals surface area contributed by atoms with Crippen LogP contribution in [-0.4, -0.2) is 71.1 Å². The van der Waals surface area contributed by atoms with Gasteiger partial charge in [0.25, 0.3) is 0 Å². The molecule has 2 rings (SSSR count). The number of thioether (sulfide) groups is 1. The maximum absolute atomic E-state index is 13.0. The number of aliphatic carboxylic acids is 1. The molecule has 0 aromatic heterocycles. The fourth-order valence-electron chi connectivity index (χ4n) is 2.91. The van der Waals surface area contributed by atoms with E-state index in [1.165, 1.54) is 12.1 Å². The number of carboxylic acid groups (broad SMARTS) is 1. The minimum atomic E-state index is -1.000. The van der Waals surface area contributed by atoms with Crippen LogP contribution in [-0.2, 0) is 11.3 Å². The summed E-state index contributed by atoms with van der Waals surface area (Å²) in [4.78, 5) is 27.6. The quantitative estimate of drug-likeness (QED) is 0.756. The van der Waals surface area contributed by atoms with E-state index in [1.807, 2.05) is 6.26 Å². The zero-order valence-corrected chi connectivity index (χ0v) is 15.8. The molecule has 0 radical (unpaired) electrons. The molecule has 0 saturated carbocycles. The van der Waals surface area contributed by atoms with Crippen LogP contribution >= 0.6 is 11.8 Å². The molecule has 1 heterocycles. The number of amides is 2. The van der Waals surface area contributed by atoms with E-state index in [2.05, 4.69) is 10.2 Å². The van der Waals surface area contributed by atoms with Crippen molar-refractivity contribution in [2.45, 2.75) is 25.4 Å². The number of benzene rings is 1. The molecule has 0 bridgehead atoms. The second-order valence-electron chi connectivity index (χ2n) is 6.37. The van der Waals surface area contributed by atoms with Gasteiger partial charge >= 0.3 is 12.0 Å². The van der Waals surface area contributed by atoms with Gasteiger partial charge in [-0.1, -0.05) is 12.1 Å². The number of hydrogen-bond donors (Lipinski definition) is 2. The Kier molecular flexibility index (Phi) is 8.18. The first-order valence-corrected chi connectivity index (χ1v) is 10.1. The second-order valence-corrected chi connectivity index (χ2v) is 7.35. The Labute approximate surface area is 157 Å². The van der Waals surface area contributed by atoms with Crippen molar-refractivity contribution in [3.05, 3.63) is 35.6 Å². The number of halogens is 1. The van der Waals surface area contributed by atoms with Crippen molar-refractivity contribution in [1.29, 1.82) is 0 Å². The number of rotatable bonds is 7. The molecule has 1 saturated heterocycles.